The van der Waals surface area contributed by atoms with Gasteiger partial charge in [0.1, 0.15) is 30.2 Å². The first-order chi connectivity index (χ1) is 14.8. The van der Waals surface area contributed by atoms with Crippen LogP contribution >= 0.6 is 0 Å². The lowest BCUT2D eigenvalue weighted by Gasteiger charge is -2.39. The third-order valence-electron chi connectivity index (χ3n) is 5.73. The zero-order valence-corrected chi connectivity index (χ0v) is 18.4. The maximum absolute atomic E-state index is 10.3. The van der Waals surface area contributed by atoms with Gasteiger partial charge in [0.05, 0.1) is 6.61 Å². The molecule has 0 aliphatic carbocycles. The summed E-state index contributed by atoms with van der Waals surface area (Å²) in [5.41, 5.74) is 4.81. The number of hydrogen-bond acceptors (Lipinski definition) is 7. The molecule has 0 radical (unpaired) electrons. The molecule has 2 aromatic rings. The highest BCUT2D eigenvalue weighted by molar-refractivity contribution is 5.42. The van der Waals surface area contributed by atoms with Crippen molar-refractivity contribution in [1.29, 1.82) is 0 Å². The number of aliphatic hydroxyl groups excluding tert-OH is 4. The molecule has 7 heteroatoms. The zero-order valence-electron chi connectivity index (χ0n) is 18.4. The van der Waals surface area contributed by atoms with Gasteiger partial charge in [0, 0.05) is 29.4 Å². The minimum Gasteiger partial charge on any atom is -0.462 e. The number of nitrogens with zero attached hydrogens (tertiary/aromatic N) is 1. The largest absolute Gasteiger partial charge is 0.462 e. The molecule has 0 bridgehead atoms. The summed E-state index contributed by atoms with van der Waals surface area (Å²) in [4.78, 5) is 4.55. The number of aliphatic hydroxyl groups is 4. The van der Waals surface area contributed by atoms with E-state index in [0.29, 0.717) is 12.2 Å². The molecule has 1 aromatic carbocycles. The highest BCUT2D eigenvalue weighted by Crippen LogP contribution is 2.30. The number of ether oxygens (including phenoxy) is 2. The van der Waals surface area contributed by atoms with Crippen LogP contribution in [0, 0.1) is 13.8 Å². The van der Waals surface area contributed by atoms with Gasteiger partial charge in [-0.15, -0.1) is 0 Å². The number of rotatable bonds is 8. The Labute approximate surface area is 183 Å². The van der Waals surface area contributed by atoms with E-state index < -0.39 is 37.3 Å². The van der Waals surface area contributed by atoms with E-state index in [1.807, 2.05) is 13.8 Å². The van der Waals surface area contributed by atoms with Crippen molar-refractivity contribution < 1.29 is 29.9 Å². The second kappa shape index (κ2) is 10.5. The summed E-state index contributed by atoms with van der Waals surface area (Å²) in [6.07, 6.45) is -2.65. The molecular weight excluding hydrogens is 398 g/mol. The Morgan fingerprint density at radius 1 is 1.00 bits per heavy atom. The summed E-state index contributed by atoms with van der Waals surface area (Å²) in [6, 6.07) is 10.2. The van der Waals surface area contributed by atoms with E-state index in [1.165, 1.54) is 5.56 Å². The monoisotopic (exact) mass is 431 g/mol. The number of unbranched alkanes of at least 4 members (excludes halogenated alkanes) is 1. The van der Waals surface area contributed by atoms with Gasteiger partial charge in [0.25, 0.3) is 0 Å². The van der Waals surface area contributed by atoms with Crippen molar-refractivity contribution in [1.82, 2.24) is 4.98 Å². The van der Waals surface area contributed by atoms with Crippen LogP contribution in [0.15, 0.2) is 30.3 Å². The van der Waals surface area contributed by atoms with E-state index in [2.05, 4.69) is 36.2 Å². The first-order valence-electron chi connectivity index (χ1n) is 10.9. The predicted molar refractivity (Wildman–Crippen MR) is 116 cm³/mol. The molecule has 170 valence electrons. The summed E-state index contributed by atoms with van der Waals surface area (Å²) in [6.45, 7) is 5.42. The third kappa shape index (κ3) is 5.61. The normalized spacial score (nSPS) is 26.1. The number of hydrogen-bond donors (Lipinski definition) is 4. The Hall–Kier alpha value is -2.03. The maximum Gasteiger partial charge on any atom is 0.229 e. The van der Waals surface area contributed by atoms with Crippen LogP contribution in [0.25, 0.3) is 0 Å². The van der Waals surface area contributed by atoms with Gasteiger partial charge in [0.15, 0.2) is 0 Å². The quantitative estimate of drug-likeness (QED) is 0.504. The van der Waals surface area contributed by atoms with Gasteiger partial charge >= 0.3 is 0 Å². The molecule has 7 nitrogen and oxygen atoms in total. The Bertz CT molecular complexity index is 854. The van der Waals surface area contributed by atoms with E-state index in [4.69, 9.17) is 9.47 Å². The number of aryl methyl sites for hydroxylation is 3. The van der Waals surface area contributed by atoms with Crippen LogP contribution < -0.4 is 4.74 Å². The molecule has 4 N–H and O–H groups in total. The topological polar surface area (TPSA) is 112 Å². The highest BCUT2D eigenvalue weighted by Gasteiger charge is 2.44. The third-order valence-corrected chi connectivity index (χ3v) is 5.73. The van der Waals surface area contributed by atoms with Crippen molar-refractivity contribution in [2.45, 2.75) is 77.2 Å². The van der Waals surface area contributed by atoms with Gasteiger partial charge in [-0.2, -0.15) is 0 Å². The minimum atomic E-state index is -1.49. The van der Waals surface area contributed by atoms with Crippen LogP contribution in [-0.4, -0.2) is 62.7 Å². The van der Waals surface area contributed by atoms with Gasteiger partial charge in [-0.1, -0.05) is 37.6 Å². The smallest absolute Gasteiger partial charge is 0.229 e. The molecule has 0 amide bonds. The molecule has 1 aliphatic heterocycles. The molecule has 0 unspecified atom stereocenters. The van der Waals surface area contributed by atoms with Crippen LogP contribution in [0.5, 0.6) is 5.75 Å². The second-order valence-corrected chi connectivity index (χ2v) is 8.24. The Morgan fingerprint density at radius 2 is 1.68 bits per heavy atom. The van der Waals surface area contributed by atoms with Crippen molar-refractivity contribution in [3.05, 3.63) is 58.4 Å². The average Bonchev–Trinajstić information content (AvgIpc) is 2.75. The van der Waals surface area contributed by atoms with Gasteiger partial charge in [0.2, 0.25) is 6.29 Å². The Balaban J connectivity index is 1.83. The Morgan fingerprint density at radius 3 is 2.32 bits per heavy atom. The standard InChI is InChI=1S/C24H33NO6/c1-4-5-6-16-7-9-17(10-8-16)12-18-15(3)25-14(2)11-19(18)30-24-23(29)22(28)21(27)20(13-26)31-24/h7-11,20-24,26-29H,4-6,12-13H2,1-3H3/t20-,21-,22+,23-,24-/m1/s1. The lowest BCUT2D eigenvalue weighted by molar-refractivity contribution is -0.277. The fraction of sp³-hybridized carbons (Fsp3) is 0.542. The highest BCUT2D eigenvalue weighted by atomic mass is 16.7. The second-order valence-electron chi connectivity index (χ2n) is 8.24. The molecule has 3 rings (SSSR count). The van der Waals surface area contributed by atoms with Crippen molar-refractivity contribution in [2.24, 2.45) is 0 Å². The molecule has 1 aliphatic rings. The molecule has 5 atom stereocenters. The van der Waals surface area contributed by atoms with E-state index in [9.17, 15) is 20.4 Å². The summed E-state index contributed by atoms with van der Waals surface area (Å²) in [7, 11) is 0. The van der Waals surface area contributed by atoms with Crippen LogP contribution in [0.3, 0.4) is 0 Å². The van der Waals surface area contributed by atoms with Crippen LogP contribution in [0.4, 0.5) is 0 Å². The predicted octanol–water partition coefficient (Wildman–Crippen LogP) is 1.81. The van der Waals surface area contributed by atoms with Crippen molar-refractivity contribution in [2.75, 3.05) is 6.61 Å². The SMILES string of the molecule is CCCCc1ccc(Cc2c(O[C@@H]3O[C@H](CO)[C@@H](O)[C@H](O)[C@H]3O)cc(C)nc2C)cc1. The summed E-state index contributed by atoms with van der Waals surface area (Å²) in [5, 5.41) is 39.8. The number of aromatic nitrogens is 1. The van der Waals surface area contributed by atoms with E-state index in [-0.39, 0.29) is 0 Å². The summed E-state index contributed by atoms with van der Waals surface area (Å²) >= 11 is 0. The zero-order chi connectivity index (χ0) is 22.5. The van der Waals surface area contributed by atoms with Gasteiger partial charge in [-0.3, -0.25) is 4.98 Å². The minimum absolute atomic E-state index is 0.490. The fourth-order valence-corrected chi connectivity index (χ4v) is 3.84. The Kier molecular flexibility index (Phi) is 8.02. The van der Waals surface area contributed by atoms with E-state index in [1.54, 1.807) is 6.07 Å². The average molecular weight is 432 g/mol. The van der Waals surface area contributed by atoms with Crippen molar-refractivity contribution in [3.8, 4) is 5.75 Å². The van der Waals surface area contributed by atoms with Gasteiger partial charge in [-0.25, -0.2) is 0 Å². The molecule has 1 saturated heterocycles. The first-order valence-corrected chi connectivity index (χ1v) is 10.9. The number of benzene rings is 1. The maximum atomic E-state index is 10.3. The molecule has 31 heavy (non-hydrogen) atoms. The molecular formula is C24H33NO6. The number of pyridine rings is 1. The summed E-state index contributed by atoms with van der Waals surface area (Å²) in [5.74, 6) is 0.490. The molecule has 0 spiro atoms. The van der Waals surface area contributed by atoms with Crippen molar-refractivity contribution >= 4 is 0 Å². The van der Waals surface area contributed by atoms with E-state index in [0.717, 1.165) is 41.8 Å². The van der Waals surface area contributed by atoms with Gasteiger partial charge < -0.3 is 29.9 Å². The molecule has 1 fully saturated rings. The first kappa shape index (κ1) is 23.6. The molecule has 0 saturated carbocycles. The van der Waals surface area contributed by atoms with Gasteiger partial charge in [-0.05, 0) is 37.8 Å². The lowest BCUT2D eigenvalue weighted by Crippen LogP contribution is -2.60. The van der Waals surface area contributed by atoms with Crippen LogP contribution in [0.1, 0.15) is 47.8 Å². The summed E-state index contributed by atoms with van der Waals surface area (Å²) < 4.78 is 11.5. The van der Waals surface area contributed by atoms with Crippen molar-refractivity contribution in [3.63, 3.8) is 0 Å². The fourth-order valence-electron chi connectivity index (χ4n) is 3.84. The lowest BCUT2D eigenvalue weighted by atomic mass is 9.98. The molecule has 1 aromatic heterocycles. The van der Waals surface area contributed by atoms with Crippen LogP contribution in [-0.2, 0) is 17.6 Å². The molecule has 2 heterocycles. The van der Waals surface area contributed by atoms with E-state index >= 15 is 0 Å². The van der Waals surface area contributed by atoms with Crippen LogP contribution in [0.2, 0.25) is 0 Å².